The molecule has 1 aliphatic heterocycles. The SMILES string of the molecule is CC(C)(C)OC(=O)NC[C@]1(O)CN(S(=O)(=O)c2ccc(C#N)cc2Cl)C[C@@H]1Sc1ccc(Cl)cn1. The molecule has 0 bridgehead atoms. The van der Waals surface area contributed by atoms with Gasteiger partial charge in [-0.1, -0.05) is 35.0 Å². The molecule has 1 fully saturated rings. The van der Waals surface area contributed by atoms with Gasteiger partial charge in [0.25, 0.3) is 0 Å². The highest BCUT2D eigenvalue weighted by molar-refractivity contribution is 8.00. The molecule has 1 saturated heterocycles. The highest BCUT2D eigenvalue weighted by Crippen LogP contribution is 2.39. The van der Waals surface area contributed by atoms with E-state index in [0.29, 0.717) is 10.0 Å². The van der Waals surface area contributed by atoms with Gasteiger partial charge >= 0.3 is 6.09 Å². The van der Waals surface area contributed by atoms with E-state index in [1.807, 2.05) is 6.07 Å². The lowest BCUT2D eigenvalue weighted by molar-refractivity contribution is 0.0336. The van der Waals surface area contributed by atoms with Crippen molar-refractivity contribution in [1.82, 2.24) is 14.6 Å². The molecule has 3 rings (SSSR count). The van der Waals surface area contributed by atoms with Crippen molar-refractivity contribution in [2.24, 2.45) is 0 Å². The van der Waals surface area contributed by atoms with Crippen LogP contribution in [0.5, 0.6) is 0 Å². The maximum Gasteiger partial charge on any atom is 0.407 e. The molecule has 0 unspecified atom stereocenters. The summed E-state index contributed by atoms with van der Waals surface area (Å²) >= 11 is 13.2. The predicted molar refractivity (Wildman–Crippen MR) is 133 cm³/mol. The quantitative estimate of drug-likeness (QED) is 0.548. The Hall–Kier alpha value is -2.07. The van der Waals surface area contributed by atoms with Gasteiger partial charge in [0, 0.05) is 19.3 Å². The van der Waals surface area contributed by atoms with E-state index >= 15 is 0 Å². The Morgan fingerprint density at radius 3 is 2.66 bits per heavy atom. The average Bonchev–Trinajstić information content (AvgIpc) is 3.10. The Morgan fingerprint density at radius 2 is 2.09 bits per heavy atom. The van der Waals surface area contributed by atoms with Crippen LogP contribution in [0.15, 0.2) is 46.5 Å². The number of carbonyl (C=O) groups is 1. The number of hydrogen-bond donors (Lipinski definition) is 2. The minimum absolute atomic E-state index is 0.0832. The Morgan fingerprint density at radius 1 is 1.37 bits per heavy atom. The first-order valence-electron chi connectivity index (χ1n) is 10.4. The van der Waals surface area contributed by atoms with E-state index in [0.717, 1.165) is 16.1 Å². The van der Waals surface area contributed by atoms with Crippen LogP contribution in [0.4, 0.5) is 4.79 Å². The third-order valence-corrected chi connectivity index (χ3v) is 8.87. The summed E-state index contributed by atoms with van der Waals surface area (Å²) in [4.78, 5) is 16.2. The van der Waals surface area contributed by atoms with E-state index in [2.05, 4.69) is 10.3 Å². The first kappa shape index (κ1) is 27.5. The van der Waals surface area contributed by atoms with E-state index < -0.39 is 32.6 Å². The molecule has 2 N–H and O–H groups in total. The molecular formula is C22H24Cl2N4O5S2. The molecule has 188 valence electrons. The second kappa shape index (κ2) is 10.5. The summed E-state index contributed by atoms with van der Waals surface area (Å²) in [7, 11) is -4.13. The third-order valence-electron chi connectivity index (χ3n) is 5.00. The first-order chi connectivity index (χ1) is 16.2. The fraction of sp³-hybridized carbons (Fsp3) is 0.409. The molecule has 0 radical (unpaired) electrons. The van der Waals surface area contributed by atoms with Gasteiger partial charge in [0.05, 0.1) is 38.5 Å². The standard InChI is InChI=1S/C22H24Cl2N4O5S2/c1-21(2,3)33-20(29)27-12-22(30)13-28(11-18(22)34-19-7-5-15(23)10-26-19)35(31,32)17-6-4-14(9-25)8-16(17)24/h4-8,10,18,30H,11-13H2,1-3H3,(H,27,29)/t18-,22-/m0/s1. The average molecular weight is 559 g/mol. The Balaban J connectivity index is 1.89. The minimum atomic E-state index is -4.13. The highest BCUT2D eigenvalue weighted by atomic mass is 35.5. The van der Waals surface area contributed by atoms with Gasteiger partial charge in [-0.15, -0.1) is 0 Å². The van der Waals surface area contributed by atoms with Gasteiger partial charge in [-0.25, -0.2) is 18.2 Å². The molecule has 1 aliphatic rings. The van der Waals surface area contributed by atoms with Crippen LogP contribution >= 0.6 is 35.0 Å². The molecular weight excluding hydrogens is 535 g/mol. The zero-order chi connectivity index (χ0) is 26.0. The van der Waals surface area contributed by atoms with Crippen LogP contribution in [0.3, 0.4) is 0 Å². The number of halogens is 2. The number of rotatable bonds is 6. The van der Waals surface area contributed by atoms with Crippen molar-refractivity contribution in [1.29, 1.82) is 5.26 Å². The molecule has 0 spiro atoms. The number of nitriles is 1. The van der Waals surface area contributed by atoms with Crippen molar-refractivity contribution in [2.75, 3.05) is 19.6 Å². The Kier molecular flexibility index (Phi) is 8.26. The van der Waals surface area contributed by atoms with Crippen LogP contribution in [-0.2, 0) is 14.8 Å². The van der Waals surface area contributed by atoms with Crippen LogP contribution in [-0.4, -0.2) is 65.0 Å². The first-order valence-corrected chi connectivity index (χ1v) is 13.5. The maximum absolute atomic E-state index is 13.4. The Labute approximate surface area is 218 Å². The second-order valence-electron chi connectivity index (χ2n) is 8.93. The summed E-state index contributed by atoms with van der Waals surface area (Å²) in [6.45, 7) is 4.46. The Bertz CT molecular complexity index is 1250. The molecule has 9 nitrogen and oxygen atoms in total. The zero-order valence-corrected chi connectivity index (χ0v) is 22.3. The van der Waals surface area contributed by atoms with Crippen LogP contribution < -0.4 is 5.32 Å². The molecule has 0 saturated carbocycles. The van der Waals surface area contributed by atoms with Crippen molar-refractivity contribution in [3.63, 3.8) is 0 Å². The number of thioether (sulfide) groups is 1. The van der Waals surface area contributed by atoms with E-state index in [-0.39, 0.29) is 35.1 Å². The molecule has 2 atom stereocenters. The van der Waals surface area contributed by atoms with E-state index in [9.17, 15) is 18.3 Å². The summed E-state index contributed by atoms with van der Waals surface area (Å²) in [5, 5.41) is 23.2. The summed E-state index contributed by atoms with van der Waals surface area (Å²) in [6.07, 6.45) is 0.706. The maximum atomic E-state index is 13.4. The number of nitrogens with one attached hydrogen (secondary N) is 1. The molecule has 1 amide bonds. The smallest absolute Gasteiger partial charge is 0.407 e. The van der Waals surface area contributed by atoms with Gasteiger partial charge in [0.15, 0.2) is 0 Å². The van der Waals surface area contributed by atoms with Crippen molar-refractivity contribution >= 4 is 51.1 Å². The molecule has 2 aromatic rings. The molecule has 1 aromatic heterocycles. The summed E-state index contributed by atoms with van der Waals surface area (Å²) in [5.41, 5.74) is -2.18. The number of pyridine rings is 1. The summed E-state index contributed by atoms with van der Waals surface area (Å²) in [6, 6.07) is 9.08. The molecule has 1 aromatic carbocycles. The van der Waals surface area contributed by atoms with Crippen molar-refractivity contribution in [3.05, 3.63) is 52.1 Å². The number of aromatic nitrogens is 1. The number of benzene rings is 1. The van der Waals surface area contributed by atoms with Crippen LogP contribution in [0.25, 0.3) is 0 Å². The molecule has 13 heteroatoms. The van der Waals surface area contributed by atoms with Crippen LogP contribution in [0.1, 0.15) is 26.3 Å². The van der Waals surface area contributed by atoms with Gasteiger partial charge < -0.3 is 15.2 Å². The fourth-order valence-electron chi connectivity index (χ4n) is 3.36. The van der Waals surface area contributed by atoms with Crippen LogP contribution in [0, 0.1) is 11.3 Å². The monoisotopic (exact) mass is 558 g/mol. The van der Waals surface area contributed by atoms with E-state index in [4.69, 9.17) is 33.2 Å². The van der Waals surface area contributed by atoms with Gasteiger partial charge in [0.2, 0.25) is 10.0 Å². The topological polar surface area (TPSA) is 133 Å². The minimum Gasteiger partial charge on any atom is -0.444 e. The second-order valence-corrected chi connectivity index (χ2v) is 12.9. The summed E-state index contributed by atoms with van der Waals surface area (Å²) < 4.78 is 33.1. The highest BCUT2D eigenvalue weighted by Gasteiger charge is 2.50. The number of hydrogen-bond acceptors (Lipinski definition) is 8. The number of nitrogens with zero attached hydrogens (tertiary/aromatic N) is 3. The van der Waals surface area contributed by atoms with Crippen molar-refractivity contribution < 1.29 is 23.1 Å². The number of aliphatic hydroxyl groups is 1. The third kappa shape index (κ3) is 6.78. The van der Waals surface area contributed by atoms with Gasteiger partial charge in [-0.3, -0.25) is 0 Å². The van der Waals surface area contributed by atoms with E-state index in [1.165, 1.54) is 24.4 Å². The zero-order valence-electron chi connectivity index (χ0n) is 19.2. The molecule has 0 aliphatic carbocycles. The lowest BCUT2D eigenvalue weighted by Gasteiger charge is -2.29. The number of amides is 1. The van der Waals surface area contributed by atoms with Crippen LogP contribution in [0.2, 0.25) is 10.0 Å². The number of ether oxygens (including phenoxy) is 1. The van der Waals surface area contributed by atoms with Gasteiger partial charge in [-0.05, 0) is 51.1 Å². The summed E-state index contributed by atoms with van der Waals surface area (Å²) in [5.74, 6) is 0. The normalized spacial score (nSPS) is 20.9. The van der Waals surface area contributed by atoms with Gasteiger partial charge in [-0.2, -0.15) is 9.57 Å². The number of alkyl carbamates (subject to hydrolysis) is 1. The van der Waals surface area contributed by atoms with Crippen molar-refractivity contribution in [2.45, 2.75) is 47.1 Å². The van der Waals surface area contributed by atoms with Gasteiger partial charge in [0.1, 0.15) is 16.1 Å². The molecule has 35 heavy (non-hydrogen) atoms. The molecule has 2 heterocycles. The van der Waals surface area contributed by atoms with E-state index in [1.54, 1.807) is 32.9 Å². The fourth-order valence-corrected chi connectivity index (χ4v) is 6.79. The van der Waals surface area contributed by atoms with Crippen molar-refractivity contribution in [3.8, 4) is 6.07 Å². The number of β-amino-alcohol motifs (C(OH)–C–C–N with tert-alkyl or cyclic N) is 1. The number of sulfonamides is 1. The lowest BCUT2D eigenvalue weighted by atomic mass is 10.0. The predicted octanol–water partition coefficient (Wildman–Crippen LogP) is 3.68. The lowest BCUT2D eigenvalue weighted by Crippen LogP contribution is -2.51. The number of carbonyl (C=O) groups excluding carboxylic acids is 1. The largest absolute Gasteiger partial charge is 0.444 e.